The third kappa shape index (κ3) is 4.34. The van der Waals surface area contributed by atoms with Crippen LogP contribution in [-0.4, -0.2) is 27.5 Å². The van der Waals surface area contributed by atoms with E-state index in [1.165, 1.54) is 23.5 Å². The fourth-order valence-electron chi connectivity index (χ4n) is 2.81. The minimum atomic E-state index is -0.873. The van der Waals surface area contributed by atoms with E-state index >= 15 is 0 Å². The number of aryl methyl sites for hydroxylation is 2. The number of thiazole rings is 1. The van der Waals surface area contributed by atoms with Gasteiger partial charge in [-0.3, -0.25) is 14.9 Å². The van der Waals surface area contributed by atoms with Crippen LogP contribution in [0.1, 0.15) is 17.5 Å². The number of anilines is 2. The van der Waals surface area contributed by atoms with Crippen LogP contribution in [0.3, 0.4) is 0 Å². The summed E-state index contributed by atoms with van der Waals surface area (Å²) in [7, 11) is 0. The quantitative estimate of drug-likeness (QED) is 0.448. The van der Waals surface area contributed by atoms with Gasteiger partial charge in [0.25, 0.3) is 5.69 Å². The molecular weight excluding hydrogens is 378 g/mol. The van der Waals surface area contributed by atoms with Crippen molar-refractivity contribution in [1.82, 2.24) is 4.98 Å². The Hall–Kier alpha value is -3.26. The Balaban J connectivity index is 1.96. The monoisotopic (exact) mass is 397 g/mol. The highest BCUT2D eigenvalue weighted by Gasteiger charge is 2.18. The predicted molar refractivity (Wildman–Crippen MR) is 109 cm³/mol. The lowest BCUT2D eigenvalue weighted by atomic mass is 10.1. The van der Waals surface area contributed by atoms with Gasteiger partial charge in [-0.1, -0.05) is 12.1 Å². The molecule has 0 fully saturated rings. The Morgan fingerprint density at radius 1 is 1.21 bits per heavy atom. The number of non-ortho nitro benzene ring substituents is 1. The van der Waals surface area contributed by atoms with Gasteiger partial charge in [-0.05, 0) is 43.2 Å². The lowest BCUT2D eigenvalue weighted by Gasteiger charge is -2.23. The summed E-state index contributed by atoms with van der Waals surface area (Å²) in [5.74, 6) is -0.873. The lowest BCUT2D eigenvalue weighted by molar-refractivity contribution is -0.384. The summed E-state index contributed by atoms with van der Waals surface area (Å²) in [6, 6.07) is 12.3. The first-order chi connectivity index (χ1) is 13.3. The molecule has 8 heteroatoms. The van der Waals surface area contributed by atoms with Crippen LogP contribution in [0.2, 0.25) is 0 Å². The summed E-state index contributed by atoms with van der Waals surface area (Å²) in [6.45, 7) is 4.27. The maximum atomic E-state index is 11.1. The van der Waals surface area contributed by atoms with Gasteiger partial charge >= 0.3 is 5.97 Å². The van der Waals surface area contributed by atoms with Crippen LogP contribution in [0, 0.1) is 24.0 Å². The highest BCUT2D eigenvalue weighted by Crippen LogP contribution is 2.34. The number of hydrogen-bond donors (Lipinski definition) is 1. The average Bonchev–Trinajstić information content (AvgIpc) is 3.14. The molecule has 1 aromatic heterocycles. The van der Waals surface area contributed by atoms with Crippen LogP contribution in [0.5, 0.6) is 0 Å². The predicted octanol–water partition coefficient (Wildman–Crippen LogP) is 4.95. The summed E-state index contributed by atoms with van der Waals surface area (Å²) in [6.07, 6.45) is -0.0141. The summed E-state index contributed by atoms with van der Waals surface area (Å²) >= 11 is 1.41. The zero-order valence-corrected chi connectivity index (χ0v) is 16.3. The number of rotatable bonds is 7. The summed E-state index contributed by atoms with van der Waals surface area (Å²) < 4.78 is 0. The van der Waals surface area contributed by atoms with Crippen molar-refractivity contribution >= 4 is 33.8 Å². The molecule has 0 aliphatic carbocycles. The van der Waals surface area contributed by atoms with Gasteiger partial charge in [0.1, 0.15) is 0 Å². The number of nitro benzene ring substituents is 1. The molecule has 0 aliphatic rings. The fraction of sp³-hybridized carbons (Fsp3) is 0.200. The van der Waals surface area contributed by atoms with E-state index in [2.05, 4.69) is 4.98 Å². The average molecular weight is 397 g/mol. The molecule has 144 valence electrons. The van der Waals surface area contributed by atoms with Crippen molar-refractivity contribution < 1.29 is 14.8 Å². The van der Waals surface area contributed by atoms with Crippen molar-refractivity contribution in [1.29, 1.82) is 0 Å². The molecule has 0 bridgehead atoms. The molecule has 0 aliphatic heterocycles. The first-order valence-corrected chi connectivity index (χ1v) is 9.50. The maximum Gasteiger partial charge on any atom is 0.305 e. The van der Waals surface area contributed by atoms with Gasteiger partial charge in [-0.2, -0.15) is 0 Å². The van der Waals surface area contributed by atoms with Crippen molar-refractivity contribution in [2.24, 2.45) is 0 Å². The highest BCUT2D eigenvalue weighted by molar-refractivity contribution is 7.14. The molecule has 28 heavy (non-hydrogen) atoms. The third-order valence-corrected chi connectivity index (χ3v) is 5.17. The van der Waals surface area contributed by atoms with Gasteiger partial charge in [-0.25, -0.2) is 4.98 Å². The number of aromatic nitrogens is 1. The number of benzene rings is 2. The number of carbonyl (C=O) groups is 1. The molecular formula is C20H19N3O4S. The van der Waals surface area contributed by atoms with E-state index in [1.54, 1.807) is 12.1 Å². The van der Waals surface area contributed by atoms with Crippen LogP contribution < -0.4 is 4.90 Å². The molecule has 0 unspecified atom stereocenters. The minimum Gasteiger partial charge on any atom is -0.481 e. The van der Waals surface area contributed by atoms with Crippen molar-refractivity contribution in [2.45, 2.75) is 20.3 Å². The van der Waals surface area contributed by atoms with Gasteiger partial charge in [0.05, 0.1) is 17.0 Å². The third-order valence-electron chi connectivity index (χ3n) is 4.30. The summed E-state index contributed by atoms with van der Waals surface area (Å²) in [5, 5.41) is 22.5. The minimum absolute atomic E-state index is 0.0141. The Labute approximate surface area is 166 Å². The Kier molecular flexibility index (Phi) is 5.70. The molecule has 0 saturated carbocycles. The van der Waals surface area contributed by atoms with Gasteiger partial charge in [0.15, 0.2) is 5.13 Å². The Morgan fingerprint density at radius 3 is 2.57 bits per heavy atom. The fourth-order valence-corrected chi connectivity index (χ4v) is 3.69. The van der Waals surface area contributed by atoms with Crippen molar-refractivity contribution in [3.63, 3.8) is 0 Å². The number of aliphatic carboxylic acids is 1. The molecule has 1 N–H and O–H groups in total. The highest BCUT2D eigenvalue weighted by atomic mass is 32.1. The standard InChI is InChI=1S/C20H19N3O4S/c1-13-3-4-14(2)18(11-13)22(10-9-19(24)25)20-21-17(12-28-20)15-5-7-16(8-6-15)23(26)27/h3-8,11-12H,9-10H2,1-2H3,(H,24,25). The molecule has 0 atom stereocenters. The van der Waals surface area contributed by atoms with E-state index in [1.807, 2.05) is 42.3 Å². The maximum absolute atomic E-state index is 11.1. The molecule has 3 aromatic rings. The molecule has 0 spiro atoms. The van der Waals surface area contributed by atoms with Crippen LogP contribution in [0.15, 0.2) is 47.8 Å². The molecule has 0 radical (unpaired) electrons. The smallest absolute Gasteiger partial charge is 0.305 e. The van der Waals surface area contributed by atoms with Crippen LogP contribution >= 0.6 is 11.3 Å². The summed E-state index contributed by atoms with van der Waals surface area (Å²) in [4.78, 5) is 28.1. The molecule has 1 heterocycles. The van der Waals surface area contributed by atoms with E-state index < -0.39 is 10.9 Å². The SMILES string of the molecule is Cc1ccc(C)c(N(CCC(=O)O)c2nc(-c3ccc([N+](=O)[O-])cc3)cs2)c1. The summed E-state index contributed by atoms with van der Waals surface area (Å²) in [5.41, 5.74) is 4.52. The van der Waals surface area contributed by atoms with Crippen molar-refractivity contribution in [2.75, 3.05) is 11.4 Å². The Bertz CT molecular complexity index is 1010. The second kappa shape index (κ2) is 8.18. The van der Waals surface area contributed by atoms with Gasteiger partial charge in [0.2, 0.25) is 0 Å². The molecule has 0 amide bonds. The molecule has 3 rings (SSSR count). The van der Waals surface area contributed by atoms with Gasteiger partial charge in [0, 0.05) is 35.3 Å². The number of carboxylic acids is 1. The second-order valence-corrected chi connectivity index (χ2v) is 7.24. The number of nitrogens with zero attached hydrogens (tertiary/aromatic N) is 3. The number of nitro groups is 1. The Morgan fingerprint density at radius 2 is 1.93 bits per heavy atom. The van der Waals surface area contributed by atoms with Crippen molar-refractivity contribution in [3.05, 3.63) is 69.1 Å². The molecule has 0 saturated heterocycles. The zero-order chi connectivity index (χ0) is 20.3. The topological polar surface area (TPSA) is 96.6 Å². The van der Waals surface area contributed by atoms with Crippen LogP contribution in [0.25, 0.3) is 11.3 Å². The molecule has 2 aromatic carbocycles. The van der Waals surface area contributed by atoms with Crippen LogP contribution in [-0.2, 0) is 4.79 Å². The van der Waals surface area contributed by atoms with E-state index in [4.69, 9.17) is 5.11 Å². The normalized spacial score (nSPS) is 10.6. The van der Waals surface area contributed by atoms with Crippen molar-refractivity contribution in [3.8, 4) is 11.3 Å². The lowest BCUT2D eigenvalue weighted by Crippen LogP contribution is -2.21. The van der Waals surface area contributed by atoms with E-state index in [9.17, 15) is 14.9 Å². The largest absolute Gasteiger partial charge is 0.481 e. The molecule has 7 nitrogen and oxygen atoms in total. The van der Waals surface area contributed by atoms with E-state index in [0.717, 1.165) is 22.4 Å². The zero-order valence-electron chi connectivity index (χ0n) is 15.5. The van der Waals surface area contributed by atoms with Crippen LogP contribution in [0.4, 0.5) is 16.5 Å². The van der Waals surface area contributed by atoms with Gasteiger partial charge < -0.3 is 10.0 Å². The first-order valence-electron chi connectivity index (χ1n) is 8.62. The number of hydrogen-bond acceptors (Lipinski definition) is 6. The van der Waals surface area contributed by atoms with E-state index in [0.29, 0.717) is 17.4 Å². The van der Waals surface area contributed by atoms with E-state index in [-0.39, 0.29) is 12.1 Å². The first kappa shape index (κ1) is 19.5. The second-order valence-electron chi connectivity index (χ2n) is 6.40. The van der Waals surface area contributed by atoms with Gasteiger partial charge in [-0.15, -0.1) is 11.3 Å². The number of carboxylic acid groups (broad SMARTS) is 1.